The van der Waals surface area contributed by atoms with Gasteiger partial charge in [0.05, 0.1) is 5.58 Å². The van der Waals surface area contributed by atoms with Crippen molar-refractivity contribution in [2.24, 2.45) is 0 Å². The molecular formula is C32H20IrN2O-2. The summed E-state index contributed by atoms with van der Waals surface area (Å²) in [4.78, 5) is 8.66. The van der Waals surface area contributed by atoms with E-state index in [1.165, 1.54) is 5.39 Å². The maximum Gasteiger partial charge on any atom is 0.128 e. The second-order valence-corrected chi connectivity index (χ2v) is 8.07. The molecule has 36 heavy (non-hydrogen) atoms. The van der Waals surface area contributed by atoms with Gasteiger partial charge in [-0.15, -0.1) is 54.1 Å². The van der Waals surface area contributed by atoms with Gasteiger partial charge in [-0.1, -0.05) is 71.6 Å². The van der Waals surface area contributed by atoms with E-state index in [1.807, 2.05) is 78.9 Å². The first-order valence-corrected chi connectivity index (χ1v) is 11.4. The van der Waals surface area contributed by atoms with Crippen LogP contribution >= 0.6 is 0 Å². The first kappa shape index (κ1) is 23.6. The van der Waals surface area contributed by atoms with Crippen LogP contribution in [0.5, 0.6) is 0 Å². The fourth-order valence-electron chi connectivity index (χ4n) is 4.25. The van der Waals surface area contributed by atoms with Crippen LogP contribution in [0.2, 0.25) is 0 Å². The summed E-state index contributed by atoms with van der Waals surface area (Å²) < 4.78 is 6.28. The number of benzene rings is 4. The van der Waals surface area contributed by atoms with Crippen LogP contribution in [-0.2, 0) is 20.1 Å². The zero-order valence-electron chi connectivity index (χ0n) is 19.2. The Kier molecular flexibility index (Phi) is 6.99. The molecule has 0 amide bonds. The molecule has 175 valence electrons. The van der Waals surface area contributed by atoms with Gasteiger partial charge < -0.3 is 14.4 Å². The van der Waals surface area contributed by atoms with Gasteiger partial charge in [0, 0.05) is 43.3 Å². The molecule has 0 atom stereocenters. The third-order valence-electron chi connectivity index (χ3n) is 5.89. The third-order valence-corrected chi connectivity index (χ3v) is 5.89. The molecule has 4 aromatic carbocycles. The van der Waals surface area contributed by atoms with Crippen molar-refractivity contribution < 1.29 is 24.5 Å². The van der Waals surface area contributed by atoms with Crippen LogP contribution < -0.4 is 0 Å². The van der Waals surface area contributed by atoms with Gasteiger partial charge in [-0.2, -0.15) is 0 Å². The summed E-state index contributed by atoms with van der Waals surface area (Å²) in [6, 6.07) is 42.5. The smallest absolute Gasteiger partial charge is 0.128 e. The van der Waals surface area contributed by atoms with E-state index < -0.39 is 0 Å². The first-order valence-electron chi connectivity index (χ1n) is 11.4. The van der Waals surface area contributed by atoms with Crippen molar-refractivity contribution in [3.63, 3.8) is 0 Å². The van der Waals surface area contributed by atoms with Crippen LogP contribution in [0.1, 0.15) is 0 Å². The number of rotatable bonds is 2. The van der Waals surface area contributed by atoms with Gasteiger partial charge in [-0.3, -0.25) is 0 Å². The predicted molar refractivity (Wildman–Crippen MR) is 142 cm³/mol. The quantitative estimate of drug-likeness (QED) is 0.179. The molecular weight excluding hydrogens is 621 g/mol. The number of furan rings is 1. The molecule has 1 radical (unpaired) electrons. The third kappa shape index (κ3) is 4.57. The van der Waals surface area contributed by atoms with E-state index in [1.54, 1.807) is 12.4 Å². The molecule has 3 aromatic heterocycles. The average molecular weight is 641 g/mol. The molecule has 0 aliphatic carbocycles. The Morgan fingerprint density at radius 3 is 2.00 bits per heavy atom. The second-order valence-electron chi connectivity index (χ2n) is 8.07. The van der Waals surface area contributed by atoms with E-state index in [2.05, 4.69) is 52.4 Å². The van der Waals surface area contributed by atoms with Crippen molar-refractivity contribution in [3.05, 3.63) is 134 Å². The minimum absolute atomic E-state index is 0. The molecule has 0 saturated heterocycles. The fraction of sp³-hybridized carbons (Fsp3) is 0. The number of nitrogens with zero attached hydrogens (tertiary/aromatic N) is 2. The standard InChI is InChI=1S/C21H12NO.C11H8N.Ir/c1-2-7-15-14(6-1)11-12-17-16-8-5-9-18(21(16)23-20(15)17)19-10-3-4-13-22-19;1-2-6-10(7-3-1)11-8-4-5-9-12-11;/h1-8,10-13H;1-6,8-9H;/q2*-1;. The van der Waals surface area contributed by atoms with E-state index in [9.17, 15) is 0 Å². The summed E-state index contributed by atoms with van der Waals surface area (Å²) in [6.07, 6.45) is 3.58. The summed E-state index contributed by atoms with van der Waals surface area (Å²) in [5, 5.41) is 4.55. The van der Waals surface area contributed by atoms with Crippen LogP contribution in [0.3, 0.4) is 0 Å². The number of hydrogen-bond acceptors (Lipinski definition) is 3. The van der Waals surface area contributed by atoms with Gasteiger partial charge in [0.25, 0.3) is 0 Å². The number of aromatic nitrogens is 2. The maximum atomic E-state index is 6.28. The molecule has 0 N–H and O–H groups in total. The van der Waals surface area contributed by atoms with Crippen LogP contribution in [0.25, 0.3) is 55.2 Å². The van der Waals surface area contributed by atoms with Crippen molar-refractivity contribution in [1.82, 2.24) is 9.97 Å². The van der Waals surface area contributed by atoms with Gasteiger partial charge in [0.15, 0.2) is 0 Å². The van der Waals surface area contributed by atoms with E-state index >= 15 is 0 Å². The molecule has 0 aliphatic heterocycles. The van der Waals surface area contributed by atoms with E-state index in [4.69, 9.17) is 4.42 Å². The van der Waals surface area contributed by atoms with Gasteiger partial charge in [-0.05, 0) is 28.9 Å². The summed E-state index contributed by atoms with van der Waals surface area (Å²) >= 11 is 0. The summed E-state index contributed by atoms with van der Waals surface area (Å²) in [5.41, 5.74) is 5.56. The van der Waals surface area contributed by atoms with Gasteiger partial charge in [0.1, 0.15) is 5.58 Å². The minimum atomic E-state index is 0. The summed E-state index contributed by atoms with van der Waals surface area (Å²) in [7, 11) is 0. The Bertz CT molecular complexity index is 1690. The van der Waals surface area contributed by atoms with Crippen LogP contribution in [0.15, 0.2) is 126 Å². The number of hydrogen-bond donors (Lipinski definition) is 0. The summed E-state index contributed by atoms with van der Waals surface area (Å²) in [5.74, 6) is 0. The molecule has 3 nitrogen and oxygen atoms in total. The van der Waals surface area contributed by atoms with Crippen LogP contribution in [0, 0.1) is 12.1 Å². The molecule has 0 aliphatic rings. The Balaban J connectivity index is 0.000000175. The zero-order chi connectivity index (χ0) is 23.5. The normalized spacial score (nSPS) is 10.6. The second kappa shape index (κ2) is 10.7. The fourth-order valence-corrected chi connectivity index (χ4v) is 4.25. The van der Waals surface area contributed by atoms with Crippen molar-refractivity contribution >= 4 is 32.7 Å². The van der Waals surface area contributed by atoms with Crippen LogP contribution in [-0.4, -0.2) is 9.97 Å². The molecule has 0 unspecified atom stereocenters. The number of pyridine rings is 2. The van der Waals surface area contributed by atoms with Crippen molar-refractivity contribution in [2.75, 3.05) is 0 Å². The van der Waals surface area contributed by atoms with E-state index in [-0.39, 0.29) is 20.1 Å². The molecule has 0 saturated carbocycles. The van der Waals surface area contributed by atoms with Crippen molar-refractivity contribution in [3.8, 4) is 22.5 Å². The zero-order valence-corrected chi connectivity index (χ0v) is 21.6. The monoisotopic (exact) mass is 641 g/mol. The Morgan fingerprint density at radius 2 is 1.25 bits per heavy atom. The van der Waals surface area contributed by atoms with Crippen molar-refractivity contribution in [2.45, 2.75) is 0 Å². The molecule has 0 spiro atoms. The van der Waals surface area contributed by atoms with Gasteiger partial charge in [0.2, 0.25) is 0 Å². The average Bonchev–Trinajstić information content (AvgIpc) is 3.34. The largest absolute Gasteiger partial charge is 0.500 e. The molecule has 4 heteroatoms. The topological polar surface area (TPSA) is 38.9 Å². The molecule has 0 fully saturated rings. The van der Waals surface area contributed by atoms with Gasteiger partial charge in [-0.25, -0.2) is 0 Å². The SMILES string of the molecule is [Ir].[c-]1ccc2c(oc3c4ccccc4ccc23)c1-c1ccccn1.[c-]1ccccc1-c1ccccn1. The first-order chi connectivity index (χ1) is 17.4. The van der Waals surface area contributed by atoms with Gasteiger partial charge >= 0.3 is 0 Å². The molecule has 0 bridgehead atoms. The summed E-state index contributed by atoms with van der Waals surface area (Å²) in [6.45, 7) is 0. The Hall–Kier alpha value is -4.11. The minimum Gasteiger partial charge on any atom is -0.500 e. The predicted octanol–water partition coefficient (Wildman–Crippen LogP) is 8.15. The van der Waals surface area contributed by atoms with Crippen LogP contribution in [0.4, 0.5) is 0 Å². The van der Waals surface area contributed by atoms with Crippen molar-refractivity contribution in [1.29, 1.82) is 0 Å². The number of fused-ring (bicyclic) bond motifs is 5. The Labute approximate surface area is 222 Å². The molecule has 3 heterocycles. The maximum absolute atomic E-state index is 6.28. The Morgan fingerprint density at radius 1 is 0.528 bits per heavy atom. The van der Waals surface area contributed by atoms with E-state index in [0.29, 0.717) is 0 Å². The van der Waals surface area contributed by atoms with E-state index in [0.717, 1.165) is 49.8 Å². The molecule has 7 rings (SSSR count). The molecule has 7 aromatic rings.